The van der Waals surface area contributed by atoms with Gasteiger partial charge in [0.25, 0.3) is 0 Å². The number of nitrogens with one attached hydrogen (secondary N) is 1. The second kappa shape index (κ2) is 10.1. The van der Waals surface area contributed by atoms with E-state index < -0.39 is 17.9 Å². The van der Waals surface area contributed by atoms with Crippen molar-refractivity contribution >= 4 is 47.6 Å². The number of carbonyl (C=O) groups is 3. The molecule has 1 heterocycles. The van der Waals surface area contributed by atoms with Crippen LogP contribution >= 0.6 is 24.2 Å². The lowest BCUT2D eigenvalue weighted by molar-refractivity contribution is -0.143. The molecule has 9 heteroatoms. The van der Waals surface area contributed by atoms with Crippen LogP contribution < -0.4 is 11.1 Å². The Bertz CT molecular complexity index is 733. The fraction of sp³-hybridized carbons (Fsp3) is 0.526. The van der Waals surface area contributed by atoms with Crippen LogP contribution in [0.3, 0.4) is 0 Å². The standard InChI is InChI=1S/C19H25N3O4S.ClH/c20-17(23)11-27-16-8-4-2-6-13(16)21-18(24)10-22-14-7-3-1-5-12(14)9-15(22)19(25)26;/h2,4,6,8,12,14-15H,1,3,5,7,9-11H2,(H2,20,23)(H,21,24)(H,25,26);1H. The molecule has 2 amide bonds. The number of fused-ring (bicyclic) bond motifs is 1. The molecule has 2 fully saturated rings. The summed E-state index contributed by atoms with van der Waals surface area (Å²) in [4.78, 5) is 38.0. The van der Waals surface area contributed by atoms with E-state index in [0.717, 1.165) is 30.6 Å². The number of thioether (sulfide) groups is 1. The molecule has 0 radical (unpaired) electrons. The Morgan fingerprint density at radius 3 is 2.64 bits per heavy atom. The number of hydrogen-bond donors (Lipinski definition) is 3. The number of primary amides is 1. The number of para-hydroxylation sites is 1. The van der Waals surface area contributed by atoms with Crippen molar-refractivity contribution in [3.8, 4) is 0 Å². The molecule has 0 spiro atoms. The molecular weight excluding hydrogens is 402 g/mol. The van der Waals surface area contributed by atoms with E-state index in [9.17, 15) is 19.5 Å². The van der Waals surface area contributed by atoms with Gasteiger partial charge in [-0.25, -0.2) is 0 Å². The highest BCUT2D eigenvalue weighted by molar-refractivity contribution is 8.00. The molecule has 1 saturated heterocycles. The number of aliphatic carboxylic acids is 1. The van der Waals surface area contributed by atoms with Gasteiger partial charge in [-0.3, -0.25) is 19.3 Å². The van der Waals surface area contributed by atoms with Gasteiger partial charge in [-0.1, -0.05) is 25.0 Å². The largest absolute Gasteiger partial charge is 0.480 e. The monoisotopic (exact) mass is 427 g/mol. The lowest BCUT2D eigenvalue weighted by Gasteiger charge is -2.32. The van der Waals surface area contributed by atoms with Crippen molar-refractivity contribution in [1.29, 1.82) is 0 Å². The molecule has 3 unspecified atom stereocenters. The number of rotatable bonds is 7. The maximum absolute atomic E-state index is 12.7. The zero-order chi connectivity index (χ0) is 19.4. The van der Waals surface area contributed by atoms with Gasteiger partial charge in [-0.2, -0.15) is 0 Å². The first-order valence-electron chi connectivity index (χ1n) is 9.24. The van der Waals surface area contributed by atoms with Crippen LogP contribution in [-0.4, -0.2) is 52.2 Å². The Morgan fingerprint density at radius 2 is 1.93 bits per heavy atom. The van der Waals surface area contributed by atoms with Crippen molar-refractivity contribution in [3.05, 3.63) is 24.3 Å². The Hall–Kier alpha value is -1.77. The fourth-order valence-electron chi connectivity index (χ4n) is 4.22. The van der Waals surface area contributed by atoms with Crippen molar-refractivity contribution in [3.63, 3.8) is 0 Å². The van der Waals surface area contributed by atoms with E-state index in [1.807, 2.05) is 17.0 Å². The number of nitrogens with two attached hydrogens (primary N) is 1. The van der Waals surface area contributed by atoms with Crippen molar-refractivity contribution in [2.45, 2.75) is 49.1 Å². The highest BCUT2D eigenvalue weighted by atomic mass is 35.5. The maximum atomic E-state index is 12.7. The highest BCUT2D eigenvalue weighted by Gasteiger charge is 2.45. The molecule has 7 nitrogen and oxygen atoms in total. The average Bonchev–Trinajstić information content (AvgIpc) is 3.00. The van der Waals surface area contributed by atoms with E-state index in [1.165, 1.54) is 11.8 Å². The summed E-state index contributed by atoms with van der Waals surface area (Å²) in [6.45, 7) is 0.0625. The van der Waals surface area contributed by atoms with Gasteiger partial charge in [0.1, 0.15) is 6.04 Å². The lowest BCUT2D eigenvalue weighted by atomic mass is 9.85. The predicted octanol–water partition coefficient (Wildman–Crippen LogP) is 2.34. The van der Waals surface area contributed by atoms with Crippen LogP contribution in [0, 0.1) is 5.92 Å². The van der Waals surface area contributed by atoms with Gasteiger partial charge < -0.3 is 16.2 Å². The quantitative estimate of drug-likeness (QED) is 0.575. The van der Waals surface area contributed by atoms with Gasteiger partial charge in [0.05, 0.1) is 18.0 Å². The molecule has 3 rings (SSSR count). The molecule has 0 bridgehead atoms. The van der Waals surface area contributed by atoms with Gasteiger partial charge in [0.2, 0.25) is 11.8 Å². The number of hydrogen-bond acceptors (Lipinski definition) is 5. The molecular formula is C19H26ClN3O4S. The Kier molecular flexibility index (Phi) is 8.15. The SMILES string of the molecule is Cl.NC(=O)CSc1ccccc1NC(=O)CN1C(C(=O)O)CC2CCCCC21. The van der Waals surface area contributed by atoms with E-state index in [0.29, 0.717) is 18.0 Å². The number of likely N-dealkylation sites (tertiary alicyclic amines) is 1. The van der Waals surface area contributed by atoms with Crippen molar-refractivity contribution in [1.82, 2.24) is 4.90 Å². The molecule has 1 saturated carbocycles. The minimum atomic E-state index is -0.852. The number of carbonyl (C=O) groups excluding carboxylic acids is 2. The number of carboxylic acid groups (broad SMARTS) is 1. The van der Waals surface area contributed by atoms with Crippen LogP contribution in [-0.2, 0) is 14.4 Å². The van der Waals surface area contributed by atoms with Gasteiger partial charge in [-0.05, 0) is 37.3 Å². The van der Waals surface area contributed by atoms with Crippen LogP contribution in [0.25, 0.3) is 0 Å². The second-order valence-electron chi connectivity index (χ2n) is 7.17. The van der Waals surface area contributed by atoms with E-state index in [-0.39, 0.29) is 36.7 Å². The first-order chi connectivity index (χ1) is 13.0. The molecule has 0 aromatic heterocycles. The second-order valence-corrected chi connectivity index (χ2v) is 8.19. The highest BCUT2D eigenvalue weighted by Crippen LogP contribution is 2.39. The van der Waals surface area contributed by atoms with Gasteiger partial charge in [0, 0.05) is 10.9 Å². The topological polar surface area (TPSA) is 113 Å². The third-order valence-corrected chi connectivity index (χ3v) is 6.46. The smallest absolute Gasteiger partial charge is 0.320 e. The van der Waals surface area contributed by atoms with Crippen molar-refractivity contribution in [2.75, 3.05) is 17.6 Å². The molecule has 1 aliphatic heterocycles. The molecule has 1 aliphatic carbocycles. The molecule has 4 N–H and O–H groups in total. The minimum absolute atomic E-state index is 0. The lowest BCUT2D eigenvalue weighted by Crippen LogP contribution is -2.46. The predicted molar refractivity (Wildman–Crippen MR) is 111 cm³/mol. The summed E-state index contributed by atoms with van der Waals surface area (Å²) >= 11 is 1.27. The Balaban J connectivity index is 0.00000280. The first-order valence-corrected chi connectivity index (χ1v) is 10.2. The molecule has 28 heavy (non-hydrogen) atoms. The first kappa shape index (κ1) is 22.5. The number of carboxylic acids is 1. The zero-order valence-corrected chi connectivity index (χ0v) is 17.1. The third kappa shape index (κ3) is 5.40. The van der Waals surface area contributed by atoms with Crippen LogP contribution in [0.4, 0.5) is 5.69 Å². The summed E-state index contributed by atoms with van der Waals surface area (Å²) in [5, 5.41) is 12.4. The van der Waals surface area contributed by atoms with Crippen LogP contribution in [0.15, 0.2) is 29.2 Å². The van der Waals surface area contributed by atoms with Crippen LogP contribution in [0.5, 0.6) is 0 Å². The van der Waals surface area contributed by atoms with Crippen molar-refractivity contribution in [2.24, 2.45) is 11.7 Å². The summed E-state index contributed by atoms with van der Waals surface area (Å²) in [5.41, 5.74) is 5.81. The van der Waals surface area contributed by atoms with E-state index in [2.05, 4.69) is 5.32 Å². The number of nitrogens with zero attached hydrogens (tertiary/aromatic N) is 1. The zero-order valence-electron chi connectivity index (χ0n) is 15.5. The molecule has 1 aromatic rings. The molecule has 3 atom stereocenters. The Labute approximate surface area is 174 Å². The molecule has 154 valence electrons. The van der Waals surface area contributed by atoms with Crippen molar-refractivity contribution < 1.29 is 19.5 Å². The average molecular weight is 428 g/mol. The molecule has 1 aromatic carbocycles. The third-order valence-electron chi connectivity index (χ3n) is 5.36. The maximum Gasteiger partial charge on any atom is 0.320 e. The summed E-state index contributed by atoms with van der Waals surface area (Å²) in [5.74, 6) is -1.02. The minimum Gasteiger partial charge on any atom is -0.480 e. The van der Waals surface area contributed by atoms with Crippen LogP contribution in [0.2, 0.25) is 0 Å². The number of benzene rings is 1. The number of halogens is 1. The summed E-state index contributed by atoms with van der Waals surface area (Å²) in [6.07, 6.45) is 4.83. The van der Waals surface area contributed by atoms with Gasteiger partial charge in [0.15, 0.2) is 0 Å². The number of anilines is 1. The summed E-state index contributed by atoms with van der Waals surface area (Å²) in [7, 11) is 0. The molecule has 2 aliphatic rings. The fourth-order valence-corrected chi connectivity index (χ4v) is 4.97. The van der Waals surface area contributed by atoms with Gasteiger partial charge >= 0.3 is 5.97 Å². The van der Waals surface area contributed by atoms with Gasteiger partial charge in [-0.15, -0.1) is 24.2 Å². The number of amides is 2. The summed E-state index contributed by atoms with van der Waals surface area (Å²) in [6, 6.07) is 6.79. The van der Waals surface area contributed by atoms with E-state index in [4.69, 9.17) is 5.73 Å². The van der Waals surface area contributed by atoms with Crippen LogP contribution in [0.1, 0.15) is 32.1 Å². The van der Waals surface area contributed by atoms with E-state index >= 15 is 0 Å². The Morgan fingerprint density at radius 1 is 1.21 bits per heavy atom. The summed E-state index contributed by atoms with van der Waals surface area (Å²) < 4.78 is 0. The normalized spacial score (nSPS) is 24.1. The van der Waals surface area contributed by atoms with E-state index in [1.54, 1.807) is 12.1 Å².